The molecule has 3 fully saturated rings. The standard InChI is InChI=1S/C30H36ClN7O3/c31-28-18-26(29(32)34-33-28)37-19-23-10-11-24(20-37)38(23)25-8-4-5-9-27(25)40-17-16-35-12-14-36(15-13-35)30(39)41-21-22-6-2-1-3-7-22/h1-9,18,23-24H,10-17,19-21H2,(H2,32,34)/t23-,24+. The summed E-state index contributed by atoms with van der Waals surface area (Å²) in [7, 11) is 0. The number of nitrogen functional groups attached to an aromatic ring is 1. The molecule has 3 aliphatic rings. The smallest absolute Gasteiger partial charge is 0.410 e. The van der Waals surface area contributed by atoms with Crippen LogP contribution in [0.15, 0.2) is 60.7 Å². The Bertz CT molecular complexity index is 1320. The largest absolute Gasteiger partial charge is 0.490 e. The van der Waals surface area contributed by atoms with Crippen LogP contribution in [0.5, 0.6) is 5.75 Å². The van der Waals surface area contributed by atoms with Gasteiger partial charge in [0.25, 0.3) is 0 Å². The van der Waals surface area contributed by atoms with E-state index in [1.807, 2.05) is 42.5 Å². The van der Waals surface area contributed by atoms with Crippen molar-refractivity contribution >= 4 is 34.9 Å². The first kappa shape index (κ1) is 27.4. The maximum atomic E-state index is 12.5. The van der Waals surface area contributed by atoms with Gasteiger partial charge in [0.2, 0.25) is 0 Å². The molecule has 2 aromatic carbocycles. The molecule has 2 N–H and O–H groups in total. The maximum Gasteiger partial charge on any atom is 0.410 e. The molecule has 0 aliphatic carbocycles. The maximum absolute atomic E-state index is 12.5. The fourth-order valence-electron chi connectivity index (χ4n) is 6.16. The fourth-order valence-corrected chi connectivity index (χ4v) is 6.30. The van der Waals surface area contributed by atoms with E-state index in [4.69, 9.17) is 26.8 Å². The minimum Gasteiger partial charge on any atom is -0.490 e. The van der Waals surface area contributed by atoms with E-state index in [-0.39, 0.29) is 6.09 Å². The van der Waals surface area contributed by atoms with Gasteiger partial charge < -0.3 is 29.9 Å². The van der Waals surface area contributed by atoms with E-state index in [9.17, 15) is 4.79 Å². The number of fused-ring (bicyclic) bond motifs is 2. The molecule has 0 saturated carbocycles. The molecular formula is C30H36ClN7O3. The molecule has 2 atom stereocenters. The van der Waals surface area contributed by atoms with Crippen molar-refractivity contribution in [1.29, 1.82) is 0 Å². The molecule has 11 heteroatoms. The third-order valence-corrected chi connectivity index (χ3v) is 8.42. The number of benzene rings is 2. The molecule has 6 rings (SSSR count). The lowest BCUT2D eigenvalue weighted by molar-refractivity contribution is 0.0684. The van der Waals surface area contributed by atoms with Crippen LogP contribution in [0.3, 0.4) is 0 Å². The minimum atomic E-state index is -0.251. The van der Waals surface area contributed by atoms with Gasteiger partial charge in [0.05, 0.1) is 11.4 Å². The van der Waals surface area contributed by atoms with Gasteiger partial charge in [-0.2, -0.15) is 0 Å². The van der Waals surface area contributed by atoms with Crippen LogP contribution >= 0.6 is 11.6 Å². The van der Waals surface area contributed by atoms with Crippen LogP contribution in [-0.4, -0.2) is 90.6 Å². The van der Waals surface area contributed by atoms with Crippen LogP contribution in [0.1, 0.15) is 18.4 Å². The fraction of sp³-hybridized carbons (Fsp3) is 0.433. The Morgan fingerprint density at radius 2 is 1.63 bits per heavy atom. The Kier molecular flexibility index (Phi) is 8.29. The van der Waals surface area contributed by atoms with E-state index in [2.05, 4.69) is 43.1 Å². The Labute approximate surface area is 245 Å². The minimum absolute atomic E-state index is 0.251. The molecule has 0 radical (unpaired) electrons. The number of aromatic nitrogens is 2. The Morgan fingerprint density at radius 1 is 0.927 bits per heavy atom. The zero-order valence-electron chi connectivity index (χ0n) is 23.1. The number of hydrogen-bond donors (Lipinski definition) is 1. The van der Waals surface area contributed by atoms with Crippen molar-refractivity contribution in [2.45, 2.75) is 31.5 Å². The highest BCUT2D eigenvalue weighted by atomic mass is 35.5. The van der Waals surface area contributed by atoms with Gasteiger partial charge in [0.15, 0.2) is 11.0 Å². The van der Waals surface area contributed by atoms with E-state index >= 15 is 0 Å². The van der Waals surface area contributed by atoms with Crippen LogP contribution in [0, 0.1) is 0 Å². The molecule has 2 bridgehead atoms. The number of amides is 1. The second-order valence-electron chi connectivity index (χ2n) is 10.8. The molecule has 4 heterocycles. The first-order chi connectivity index (χ1) is 20.0. The summed E-state index contributed by atoms with van der Waals surface area (Å²) in [6.45, 7) is 6.28. The molecular weight excluding hydrogens is 542 g/mol. The zero-order valence-corrected chi connectivity index (χ0v) is 23.8. The summed E-state index contributed by atoms with van der Waals surface area (Å²) in [5, 5.41) is 8.23. The van der Waals surface area contributed by atoms with Crippen molar-refractivity contribution in [3.63, 3.8) is 0 Å². The summed E-state index contributed by atoms with van der Waals surface area (Å²) in [6.07, 6.45) is 1.97. The number of ether oxygens (including phenoxy) is 2. The summed E-state index contributed by atoms with van der Waals surface area (Å²) in [6, 6.07) is 20.6. The van der Waals surface area contributed by atoms with Gasteiger partial charge in [0.1, 0.15) is 19.0 Å². The van der Waals surface area contributed by atoms with E-state index in [1.165, 1.54) is 0 Å². The third-order valence-electron chi connectivity index (χ3n) is 8.24. The first-order valence-corrected chi connectivity index (χ1v) is 14.6. The number of para-hydroxylation sites is 2. The zero-order chi connectivity index (χ0) is 28.2. The molecule has 0 unspecified atom stereocenters. The van der Waals surface area contributed by atoms with Crippen molar-refractivity contribution in [3.05, 3.63) is 71.4 Å². The summed E-state index contributed by atoms with van der Waals surface area (Å²) in [5.41, 5.74) is 9.13. The summed E-state index contributed by atoms with van der Waals surface area (Å²) in [5.74, 6) is 1.32. The number of hydrogen-bond acceptors (Lipinski definition) is 9. The van der Waals surface area contributed by atoms with Crippen molar-refractivity contribution in [2.24, 2.45) is 0 Å². The van der Waals surface area contributed by atoms with E-state index in [1.54, 1.807) is 4.90 Å². The average molecular weight is 578 g/mol. The van der Waals surface area contributed by atoms with Gasteiger partial charge in [-0.25, -0.2) is 4.79 Å². The van der Waals surface area contributed by atoms with Crippen LogP contribution in [0.25, 0.3) is 0 Å². The molecule has 10 nitrogen and oxygen atoms in total. The molecule has 3 saturated heterocycles. The van der Waals surface area contributed by atoms with Crippen molar-refractivity contribution in [3.8, 4) is 5.75 Å². The van der Waals surface area contributed by atoms with Crippen molar-refractivity contribution in [2.75, 3.05) is 68.0 Å². The van der Waals surface area contributed by atoms with Crippen LogP contribution in [-0.2, 0) is 11.3 Å². The lowest BCUT2D eigenvalue weighted by atomic mass is 10.1. The van der Waals surface area contributed by atoms with Crippen LogP contribution in [0.4, 0.5) is 22.0 Å². The summed E-state index contributed by atoms with van der Waals surface area (Å²) < 4.78 is 11.9. The highest BCUT2D eigenvalue weighted by Crippen LogP contribution is 2.41. The number of nitrogens with two attached hydrogens (primary N) is 1. The van der Waals surface area contributed by atoms with Crippen molar-refractivity contribution < 1.29 is 14.3 Å². The quantitative estimate of drug-likeness (QED) is 0.427. The van der Waals surface area contributed by atoms with E-state index in [0.717, 1.165) is 68.3 Å². The predicted octanol–water partition coefficient (Wildman–Crippen LogP) is 3.90. The summed E-state index contributed by atoms with van der Waals surface area (Å²) >= 11 is 6.12. The molecule has 41 heavy (non-hydrogen) atoms. The number of halogens is 1. The topological polar surface area (TPSA) is 100 Å². The second-order valence-corrected chi connectivity index (χ2v) is 11.2. The van der Waals surface area contributed by atoms with Gasteiger partial charge in [0, 0.05) is 64.0 Å². The lowest BCUT2D eigenvalue weighted by Gasteiger charge is -2.44. The second kappa shape index (κ2) is 12.4. The van der Waals surface area contributed by atoms with Crippen LogP contribution in [0.2, 0.25) is 5.15 Å². The Hall–Kier alpha value is -3.76. The summed E-state index contributed by atoms with van der Waals surface area (Å²) in [4.78, 5) is 21.4. The molecule has 3 aromatic rings. The van der Waals surface area contributed by atoms with Crippen LogP contribution < -0.4 is 20.3 Å². The van der Waals surface area contributed by atoms with Gasteiger partial charge in [-0.1, -0.05) is 54.1 Å². The molecule has 1 aromatic heterocycles. The number of rotatable bonds is 8. The van der Waals surface area contributed by atoms with E-state index in [0.29, 0.717) is 49.4 Å². The molecule has 1 amide bonds. The predicted molar refractivity (Wildman–Crippen MR) is 160 cm³/mol. The monoisotopic (exact) mass is 577 g/mol. The van der Waals surface area contributed by atoms with Gasteiger partial charge >= 0.3 is 6.09 Å². The lowest BCUT2D eigenvalue weighted by Crippen LogP contribution is -2.54. The highest BCUT2D eigenvalue weighted by molar-refractivity contribution is 6.29. The molecule has 3 aliphatic heterocycles. The number of carbonyl (C=O) groups is 1. The Balaban J connectivity index is 0.997. The van der Waals surface area contributed by atoms with Gasteiger partial charge in [-0.3, -0.25) is 4.90 Å². The highest BCUT2D eigenvalue weighted by Gasteiger charge is 2.41. The van der Waals surface area contributed by atoms with Gasteiger partial charge in [-0.05, 0) is 30.5 Å². The molecule has 216 valence electrons. The van der Waals surface area contributed by atoms with Crippen molar-refractivity contribution in [1.82, 2.24) is 20.0 Å². The van der Waals surface area contributed by atoms with E-state index < -0.39 is 0 Å². The number of carbonyl (C=O) groups excluding carboxylic acids is 1. The average Bonchev–Trinajstić information content (AvgIpc) is 3.26. The Morgan fingerprint density at radius 3 is 2.39 bits per heavy atom. The first-order valence-electron chi connectivity index (χ1n) is 14.3. The number of anilines is 3. The number of piperazine rings is 2. The third kappa shape index (κ3) is 6.28. The van der Waals surface area contributed by atoms with Gasteiger partial charge in [-0.15, -0.1) is 10.2 Å². The molecule has 0 spiro atoms. The SMILES string of the molecule is Nc1nnc(Cl)cc1N1C[C@H]2CC[C@@H](C1)N2c1ccccc1OCCN1CCN(C(=O)OCc2ccccc2)CC1. The normalized spacial score (nSPS) is 20.8. The number of nitrogens with zero attached hydrogens (tertiary/aromatic N) is 6.